The lowest BCUT2D eigenvalue weighted by Crippen LogP contribution is -2.28. The predicted molar refractivity (Wildman–Crippen MR) is 120 cm³/mol. The van der Waals surface area contributed by atoms with Gasteiger partial charge < -0.3 is 9.97 Å². The number of aromatic amines is 2. The van der Waals surface area contributed by atoms with E-state index in [4.69, 9.17) is 4.98 Å². The molecule has 6 rings (SSSR count). The monoisotopic (exact) mass is 388 g/mol. The summed E-state index contributed by atoms with van der Waals surface area (Å²) in [5.41, 5.74) is 8.75. The van der Waals surface area contributed by atoms with E-state index in [1.165, 1.54) is 0 Å². The Labute approximate surface area is 172 Å². The van der Waals surface area contributed by atoms with Gasteiger partial charge >= 0.3 is 0 Å². The van der Waals surface area contributed by atoms with Crippen LogP contribution in [0.2, 0.25) is 0 Å². The summed E-state index contributed by atoms with van der Waals surface area (Å²) in [6, 6.07) is 20.6. The van der Waals surface area contributed by atoms with Gasteiger partial charge in [-0.1, -0.05) is 6.07 Å². The second-order valence-corrected chi connectivity index (χ2v) is 7.34. The van der Waals surface area contributed by atoms with Crippen LogP contribution in [0, 0.1) is 0 Å². The molecule has 0 aliphatic carbocycles. The minimum absolute atomic E-state index is 0.896. The third kappa shape index (κ3) is 3.12. The van der Waals surface area contributed by atoms with Crippen LogP contribution in [0.25, 0.3) is 52.1 Å². The highest BCUT2D eigenvalue weighted by atomic mass is 15.0. The van der Waals surface area contributed by atoms with Crippen molar-refractivity contribution in [3.8, 4) is 5.69 Å². The van der Waals surface area contributed by atoms with Gasteiger partial charge in [0.15, 0.2) is 12.4 Å². The Morgan fingerprint density at radius 3 is 1.93 bits per heavy atom. The van der Waals surface area contributed by atoms with Gasteiger partial charge in [0.25, 0.3) is 0 Å². The molecule has 0 saturated heterocycles. The molecule has 30 heavy (non-hydrogen) atoms. The van der Waals surface area contributed by atoms with Crippen molar-refractivity contribution in [3.05, 3.63) is 95.8 Å². The summed E-state index contributed by atoms with van der Waals surface area (Å²) in [6.07, 6.45) is 12.2. The fourth-order valence-corrected chi connectivity index (χ4v) is 3.78. The fraction of sp³-hybridized carbons (Fsp3) is 0. The van der Waals surface area contributed by atoms with E-state index in [2.05, 4.69) is 49.9 Å². The number of nitrogens with one attached hydrogen (secondary N) is 2. The molecule has 2 N–H and O–H groups in total. The van der Waals surface area contributed by atoms with Crippen LogP contribution in [0.1, 0.15) is 22.8 Å². The van der Waals surface area contributed by atoms with Crippen molar-refractivity contribution in [2.75, 3.05) is 0 Å². The van der Waals surface area contributed by atoms with Crippen LogP contribution in [0.3, 0.4) is 0 Å². The molecule has 142 valence electrons. The second-order valence-electron chi connectivity index (χ2n) is 7.34. The van der Waals surface area contributed by atoms with E-state index >= 15 is 0 Å². The zero-order valence-electron chi connectivity index (χ0n) is 16.1. The van der Waals surface area contributed by atoms with Crippen molar-refractivity contribution in [1.29, 1.82) is 0 Å². The Morgan fingerprint density at radius 2 is 1.20 bits per heavy atom. The number of fused-ring (bicyclic) bond motifs is 8. The maximum absolute atomic E-state index is 4.75. The SMILES string of the molecule is C1=Cc2cc3ccc(cc4cc(-[n+]5ccccc5)c(cc5nc(cc1n2)C=C5)[nH]4)[nH]3. The molecule has 0 radical (unpaired) electrons. The van der Waals surface area contributed by atoms with E-state index in [0.717, 1.165) is 50.5 Å². The lowest BCUT2D eigenvalue weighted by atomic mass is 10.3. The molecule has 0 amide bonds. The van der Waals surface area contributed by atoms with Gasteiger partial charge in [0.2, 0.25) is 5.69 Å². The lowest BCUT2D eigenvalue weighted by Gasteiger charge is -1.91. The van der Waals surface area contributed by atoms with Crippen molar-refractivity contribution in [2.45, 2.75) is 0 Å². The summed E-state index contributed by atoms with van der Waals surface area (Å²) >= 11 is 0. The Bertz CT molecular complexity index is 1490. The molecule has 0 fully saturated rings. The average Bonchev–Trinajstić information content (AvgIpc) is 3.53. The first kappa shape index (κ1) is 16.7. The molecule has 0 saturated carbocycles. The molecule has 4 aromatic heterocycles. The number of nitrogens with zero attached hydrogens (tertiary/aromatic N) is 3. The summed E-state index contributed by atoms with van der Waals surface area (Å²) in [6.45, 7) is 0. The zero-order valence-corrected chi connectivity index (χ0v) is 16.1. The molecule has 0 spiro atoms. The Kier molecular flexibility index (Phi) is 3.71. The largest absolute Gasteiger partial charge is 0.355 e. The van der Waals surface area contributed by atoms with Gasteiger partial charge in [0.1, 0.15) is 5.52 Å². The number of rotatable bonds is 1. The molecule has 6 heterocycles. The summed E-state index contributed by atoms with van der Waals surface area (Å²) in [7, 11) is 0. The quantitative estimate of drug-likeness (QED) is 0.392. The van der Waals surface area contributed by atoms with Crippen LogP contribution in [-0.4, -0.2) is 19.9 Å². The molecule has 2 aliphatic heterocycles. The summed E-state index contributed by atoms with van der Waals surface area (Å²) in [5, 5.41) is 0. The fourth-order valence-electron chi connectivity index (χ4n) is 3.78. The van der Waals surface area contributed by atoms with Crippen molar-refractivity contribution in [3.63, 3.8) is 0 Å². The van der Waals surface area contributed by atoms with Gasteiger partial charge in [-0.15, -0.1) is 0 Å². The standard InChI is InChI=1S/C25H18N5/c1-2-10-30(11-3-1)25-16-23-14-21-7-6-19(27-21)12-17-4-5-18(26-17)13-20-8-9-22(28-20)15-24(25)29-23/h1-16,27,29H/q+1. The molecule has 5 heteroatoms. The van der Waals surface area contributed by atoms with E-state index in [9.17, 15) is 0 Å². The first-order valence-corrected chi connectivity index (χ1v) is 9.84. The van der Waals surface area contributed by atoms with Crippen molar-refractivity contribution < 1.29 is 4.57 Å². The maximum atomic E-state index is 4.75. The highest BCUT2D eigenvalue weighted by Crippen LogP contribution is 2.19. The lowest BCUT2D eigenvalue weighted by molar-refractivity contribution is -0.594. The third-order valence-electron chi connectivity index (χ3n) is 5.14. The highest BCUT2D eigenvalue weighted by molar-refractivity contribution is 5.79. The minimum atomic E-state index is 0.896. The maximum Gasteiger partial charge on any atom is 0.236 e. The Balaban J connectivity index is 1.69. The molecule has 4 aromatic rings. The second kappa shape index (κ2) is 6.67. The van der Waals surface area contributed by atoms with Crippen LogP contribution in [0.5, 0.6) is 0 Å². The molecular weight excluding hydrogens is 370 g/mol. The summed E-state index contributed by atoms with van der Waals surface area (Å²) in [5.74, 6) is 0. The topological polar surface area (TPSA) is 61.2 Å². The average molecular weight is 388 g/mol. The van der Waals surface area contributed by atoms with E-state index in [-0.39, 0.29) is 0 Å². The number of aromatic nitrogens is 5. The Hall–Kier alpha value is -4.25. The molecule has 8 bridgehead atoms. The minimum Gasteiger partial charge on any atom is -0.355 e. The van der Waals surface area contributed by atoms with Gasteiger partial charge in [0.05, 0.1) is 22.8 Å². The Morgan fingerprint density at radius 1 is 0.567 bits per heavy atom. The van der Waals surface area contributed by atoms with Crippen LogP contribution >= 0.6 is 0 Å². The summed E-state index contributed by atoms with van der Waals surface area (Å²) in [4.78, 5) is 16.4. The van der Waals surface area contributed by atoms with Gasteiger partial charge in [-0.2, -0.15) is 4.57 Å². The van der Waals surface area contributed by atoms with Gasteiger partial charge in [-0.3, -0.25) is 0 Å². The first-order valence-electron chi connectivity index (χ1n) is 9.84. The number of hydrogen-bond donors (Lipinski definition) is 2. The molecule has 2 aliphatic rings. The van der Waals surface area contributed by atoms with Crippen LogP contribution in [0.15, 0.2) is 73.1 Å². The summed E-state index contributed by atoms with van der Waals surface area (Å²) < 4.78 is 2.10. The smallest absolute Gasteiger partial charge is 0.236 e. The van der Waals surface area contributed by atoms with Crippen molar-refractivity contribution in [1.82, 2.24) is 19.9 Å². The third-order valence-corrected chi connectivity index (χ3v) is 5.14. The van der Waals surface area contributed by atoms with E-state index in [1.807, 2.05) is 67.0 Å². The molecule has 0 atom stereocenters. The number of H-pyrrole nitrogens is 2. The van der Waals surface area contributed by atoms with Gasteiger partial charge in [-0.25, -0.2) is 9.97 Å². The van der Waals surface area contributed by atoms with E-state index in [1.54, 1.807) is 0 Å². The van der Waals surface area contributed by atoms with Crippen molar-refractivity contribution in [2.24, 2.45) is 0 Å². The number of pyridine rings is 1. The first-order chi connectivity index (χ1) is 14.8. The molecular formula is C25H18N5+. The van der Waals surface area contributed by atoms with Crippen LogP contribution < -0.4 is 4.57 Å². The molecule has 0 aromatic carbocycles. The molecule has 5 nitrogen and oxygen atoms in total. The van der Waals surface area contributed by atoms with Gasteiger partial charge in [-0.05, 0) is 60.7 Å². The van der Waals surface area contributed by atoms with E-state index < -0.39 is 0 Å². The number of hydrogen-bond acceptors (Lipinski definition) is 2. The van der Waals surface area contributed by atoms with Crippen LogP contribution in [-0.2, 0) is 0 Å². The van der Waals surface area contributed by atoms with E-state index in [0.29, 0.717) is 0 Å². The highest BCUT2D eigenvalue weighted by Gasteiger charge is 2.11. The predicted octanol–water partition coefficient (Wildman–Crippen LogP) is 4.93. The molecule has 0 unspecified atom stereocenters. The normalized spacial score (nSPS) is 12.4. The van der Waals surface area contributed by atoms with Crippen molar-refractivity contribution >= 4 is 46.4 Å². The zero-order chi connectivity index (χ0) is 19.9. The van der Waals surface area contributed by atoms with Gasteiger partial charge in [0, 0.05) is 34.7 Å². The van der Waals surface area contributed by atoms with Crippen LogP contribution in [0.4, 0.5) is 0 Å².